The van der Waals surface area contributed by atoms with E-state index in [0.717, 1.165) is 12.1 Å². The zero-order chi connectivity index (χ0) is 15.6. The first-order valence-corrected chi connectivity index (χ1v) is 7.43. The SMILES string of the molecule is CC(C)(CCO)CNS(=O)(=O)c1ccc(F)c(N)c1F. The third-order valence-electron chi connectivity index (χ3n) is 2.91. The zero-order valence-corrected chi connectivity index (χ0v) is 12.1. The molecule has 0 aliphatic carbocycles. The standard InChI is InChI=1S/C12H18F2N2O3S/c1-12(2,5-6-17)7-16-20(18,19)9-4-3-8(13)11(15)10(9)14/h3-4,16-17H,5-7,15H2,1-2H3. The Morgan fingerprint density at radius 1 is 1.35 bits per heavy atom. The van der Waals surface area contributed by atoms with Crippen molar-refractivity contribution in [3.8, 4) is 0 Å². The van der Waals surface area contributed by atoms with Gasteiger partial charge in [0.2, 0.25) is 10.0 Å². The van der Waals surface area contributed by atoms with Crippen LogP contribution in [0.2, 0.25) is 0 Å². The summed E-state index contributed by atoms with van der Waals surface area (Å²) >= 11 is 0. The van der Waals surface area contributed by atoms with Gasteiger partial charge in [-0.05, 0) is 24.0 Å². The van der Waals surface area contributed by atoms with E-state index in [1.54, 1.807) is 13.8 Å². The van der Waals surface area contributed by atoms with Crippen LogP contribution in [0.5, 0.6) is 0 Å². The summed E-state index contributed by atoms with van der Waals surface area (Å²) in [5, 5.41) is 8.86. The molecule has 0 aliphatic rings. The molecule has 0 amide bonds. The molecular weight excluding hydrogens is 290 g/mol. The molecular formula is C12H18F2N2O3S. The molecule has 0 unspecified atom stereocenters. The monoisotopic (exact) mass is 308 g/mol. The van der Waals surface area contributed by atoms with Crippen LogP contribution in [0.25, 0.3) is 0 Å². The first kappa shape index (κ1) is 16.8. The Morgan fingerprint density at radius 2 is 1.95 bits per heavy atom. The van der Waals surface area contributed by atoms with E-state index in [1.165, 1.54) is 0 Å². The number of hydrogen-bond donors (Lipinski definition) is 3. The van der Waals surface area contributed by atoms with E-state index in [1.807, 2.05) is 0 Å². The van der Waals surface area contributed by atoms with Gasteiger partial charge in [0, 0.05) is 13.2 Å². The fourth-order valence-corrected chi connectivity index (χ4v) is 2.85. The Hall–Kier alpha value is -1.25. The van der Waals surface area contributed by atoms with E-state index in [9.17, 15) is 17.2 Å². The minimum atomic E-state index is -4.14. The Labute approximate surface area is 116 Å². The topological polar surface area (TPSA) is 92.4 Å². The lowest BCUT2D eigenvalue weighted by molar-refractivity contribution is 0.213. The first-order valence-electron chi connectivity index (χ1n) is 5.95. The van der Waals surface area contributed by atoms with Crippen LogP contribution in [0.1, 0.15) is 20.3 Å². The molecule has 5 nitrogen and oxygen atoms in total. The van der Waals surface area contributed by atoms with Crippen LogP contribution >= 0.6 is 0 Å². The van der Waals surface area contributed by atoms with Gasteiger partial charge in [0.1, 0.15) is 16.4 Å². The molecule has 1 aromatic rings. The normalized spacial score (nSPS) is 12.7. The number of nitrogen functional groups attached to an aromatic ring is 1. The maximum absolute atomic E-state index is 13.7. The molecule has 114 valence electrons. The highest BCUT2D eigenvalue weighted by molar-refractivity contribution is 7.89. The number of benzene rings is 1. The average molecular weight is 308 g/mol. The predicted molar refractivity (Wildman–Crippen MR) is 71.4 cm³/mol. The van der Waals surface area contributed by atoms with Crippen LogP contribution in [0.3, 0.4) is 0 Å². The largest absolute Gasteiger partial charge is 0.396 e. The summed E-state index contributed by atoms with van der Waals surface area (Å²) in [6.07, 6.45) is 0.379. The van der Waals surface area contributed by atoms with Crippen molar-refractivity contribution in [3.05, 3.63) is 23.8 Å². The molecule has 20 heavy (non-hydrogen) atoms. The predicted octanol–water partition coefficient (Wildman–Crippen LogP) is 1.23. The fourth-order valence-electron chi connectivity index (χ4n) is 1.52. The summed E-state index contributed by atoms with van der Waals surface area (Å²) in [6.45, 7) is 3.42. The molecule has 0 saturated carbocycles. The number of halogens is 2. The quantitative estimate of drug-likeness (QED) is 0.689. The second-order valence-electron chi connectivity index (χ2n) is 5.24. The maximum atomic E-state index is 13.7. The van der Waals surface area contributed by atoms with Crippen molar-refractivity contribution in [2.24, 2.45) is 5.41 Å². The van der Waals surface area contributed by atoms with Gasteiger partial charge in [-0.25, -0.2) is 21.9 Å². The highest BCUT2D eigenvalue weighted by atomic mass is 32.2. The molecule has 0 bridgehead atoms. The Morgan fingerprint density at radius 3 is 2.50 bits per heavy atom. The number of sulfonamides is 1. The molecule has 0 aliphatic heterocycles. The molecule has 0 spiro atoms. The van der Waals surface area contributed by atoms with E-state index in [0.29, 0.717) is 6.42 Å². The van der Waals surface area contributed by atoms with Gasteiger partial charge in [-0.15, -0.1) is 0 Å². The fraction of sp³-hybridized carbons (Fsp3) is 0.500. The minimum Gasteiger partial charge on any atom is -0.396 e. The minimum absolute atomic E-state index is 0.00656. The van der Waals surface area contributed by atoms with Crippen LogP contribution in [0.15, 0.2) is 17.0 Å². The van der Waals surface area contributed by atoms with E-state index in [-0.39, 0.29) is 13.2 Å². The van der Waals surface area contributed by atoms with Gasteiger partial charge in [-0.2, -0.15) is 0 Å². The highest BCUT2D eigenvalue weighted by Gasteiger charge is 2.25. The van der Waals surface area contributed by atoms with Gasteiger partial charge in [0.25, 0.3) is 0 Å². The zero-order valence-electron chi connectivity index (χ0n) is 11.3. The molecule has 0 heterocycles. The summed E-state index contributed by atoms with van der Waals surface area (Å²) in [5.74, 6) is -2.32. The number of aliphatic hydroxyl groups is 1. The molecule has 0 saturated heterocycles. The second kappa shape index (κ2) is 6.02. The molecule has 8 heteroatoms. The Kier molecular flexibility index (Phi) is 5.06. The number of hydrogen-bond acceptors (Lipinski definition) is 4. The molecule has 0 radical (unpaired) electrons. The summed E-state index contributed by atoms with van der Waals surface area (Å²) < 4.78 is 52.9. The lowest BCUT2D eigenvalue weighted by Crippen LogP contribution is -2.35. The molecule has 1 aromatic carbocycles. The molecule has 4 N–H and O–H groups in total. The van der Waals surface area contributed by atoms with Crippen LogP contribution in [-0.4, -0.2) is 26.7 Å². The van der Waals surface area contributed by atoms with Crippen molar-refractivity contribution < 1.29 is 22.3 Å². The van der Waals surface area contributed by atoms with Gasteiger partial charge in [-0.3, -0.25) is 0 Å². The van der Waals surface area contributed by atoms with Crippen LogP contribution < -0.4 is 10.5 Å². The molecule has 0 fully saturated rings. The highest BCUT2D eigenvalue weighted by Crippen LogP contribution is 2.24. The van der Waals surface area contributed by atoms with Crippen molar-refractivity contribution in [2.75, 3.05) is 18.9 Å². The lowest BCUT2D eigenvalue weighted by atomic mass is 9.90. The van der Waals surface area contributed by atoms with Gasteiger partial charge >= 0.3 is 0 Å². The third-order valence-corrected chi connectivity index (χ3v) is 4.33. The van der Waals surface area contributed by atoms with Crippen LogP contribution in [0, 0.1) is 17.0 Å². The van der Waals surface area contributed by atoms with Crippen LogP contribution in [-0.2, 0) is 10.0 Å². The van der Waals surface area contributed by atoms with Crippen molar-refractivity contribution in [1.82, 2.24) is 4.72 Å². The molecule has 0 aromatic heterocycles. The van der Waals surface area contributed by atoms with E-state index < -0.39 is 37.7 Å². The maximum Gasteiger partial charge on any atom is 0.243 e. The van der Waals surface area contributed by atoms with E-state index in [4.69, 9.17) is 10.8 Å². The van der Waals surface area contributed by atoms with Gasteiger partial charge < -0.3 is 10.8 Å². The summed E-state index contributed by atoms with van der Waals surface area (Å²) in [7, 11) is -4.14. The van der Waals surface area contributed by atoms with E-state index in [2.05, 4.69) is 4.72 Å². The lowest BCUT2D eigenvalue weighted by Gasteiger charge is -2.23. The molecule has 0 atom stereocenters. The second-order valence-corrected chi connectivity index (χ2v) is 6.97. The smallest absolute Gasteiger partial charge is 0.243 e. The third kappa shape index (κ3) is 3.87. The van der Waals surface area contributed by atoms with Gasteiger partial charge in [0.15, 0.2) is 5.82 Å². The van der Waals surface area contributed by atoms with E-state index >= 15 is 0 Å². The number of aliphatic hydroxyl groups excluding tert-OH is 1. The van der Waals surface area contributed by atoms with Crippen molar-refractivity contribution in [3.63, 3.8) is 0 Å². The van der Waals surface area contributed by atoms with Crippen molar-refractivity contribution >= 4 is 15.7 Å². The number of nitrogens with one attached hydrogen (secondary N) is 1. The number of rotatable bonds is 6. The number of nitrogens with two attached hydrogens (primary N) is 1. The van der Waals surface area contributed by atoms with Gasteiger partial charge in [-0.1, -0.05) is 13.8 Å². The molecule has 1 rings (SSSR count). The summed E-state index contributed by atoms with van der Waals surface area (Å²) in [4.78, 5) is -0.698. The Balaban J connectivity index is 2.99. The summed E-state index contributed by atoms with van der Waals surface area (Å²) in [6, 6.07) is 1.62. The Bertz CT molecular complexity index is 589. The van der Waals surface area contributed by atoms with Crippen molar-refractivity contribution in [2.45, 2.75) is 25.2 Å². The van der Waals surface area contributed by atoms with Crippen LogP contribution in [0.4, 0.5) is 14.5 Å². The average Bonchev–Trinajstić information content (AvgIpc) is 2.34. The van der Waals surface area contributed by atoms with Gasteiger partial charge in [0.05, 0.1) is 0 Å². The summed E-state index contributed by atoms with van der Waals surface area (Å²) in [5.41, 5.74) is 3.81. The first-order chi connectivity index (χ1) is 9.10. The van der Waals surface area contributed by atoms with Crippen molar-refractivity contribution in [1.29, 1.82) is 0 Å². The number of anilines is 1.